The van der Waals surface area contributed by atoms with Gasteiger partial charge < -0.3 is 4.90 Å². The van der Waals surface area contributed by atoms with Gasteiger partial charge in [-0.25, -0.2) is 0 Å². The van der Waals surface area contributed by atoms with E-state index in [1.807, 2.05) is 0 Å². The summed E-state index contributed by atoms with van der Waals surface area (Å²) in [5, 5.41) is 0. The molecule has 0 saturated heterocycles. The van der Waals surface area contributed by atoms with E-state index in [4.69, 9.17) is 0 Å². The molecule has 0 amide bonds. The normalized spacial score (nSPS) is 19.1. The molecule has 1 atom stereocenters. The van der Waals surface area contributed by atoms with Gasteiger partial charge in [-0.2, -0.15) is 0 Å². The zero-order valence-electron chi connectivity index (χ0n) is 37.2. The standard InChI is InChI=1S/C60H57N/c1-57(2,3)39-26-30-47-48-31-27-40(58(4,5)6)35-54(48)60(53(47)34-39)51-24-16-13-22-45(51)49-33-29-42(37-55(49)60)61(56-25-17-14-20-43(56)38-18-10-9-11-19-38)41-28-32-46-44-21-12-15-23-50(44)59(7,8)52(46)36-41/h10,12-26,28-30,32-37H,9,11,27,31H2,1-8H3. The highest BCUT2D eigenvalue weighted by Gasteiger charge is 2.53. The van der Waals surface area contributed by atoms with Crippen LogP contribution in [0.2, 0.25) is 0 Å². The van der Waals surface area contributed by atoms with Gasteiger partial charge in [-0.15, -0.1) is 0 Å². The number of hydrogen-bond acceptors (Lipinski definition) is 1. The SMILES string of the molecule is CC(C)(C)C1=CC2=C(CC1)c1ccc(C(C)(C)C)cc1C21c2ccccc2-c2ccc(N(c3ccc4c(c3)C(C)(C)c3ccccc3-4)c3ccccc3C3=CCCC=C3)cc21. The lowest BCUT2D eigenvalue weighted by Gasteiger charge is -2.36. The van der Waals surface area contributed by atoms with Crippen molar-refractivity contribution in [3.63, 3.8) is 0 Å². The molecule has 0 bridgehead atoms. The van der Waals surface area contributed by atoms with E-state index in [9.17, 15) is 0 Å². The molecular weight excluding hydrogens is 735 g/mol. The molecule has 0 radical (unpaired) electrons. The van der Waals surface area contributed by atoms with Gasteiger partial charge in [-0.05, 0) is 145 Å². The van der Waals surface area contributed by atoms with Crippen LogP contribution in [0.25, 0.3) is 33.4 Å². The van der Waals surface area contributed by atoms with Gasteiger partial charge in [0.1, 0.15) is 0 Å². The summed E-state index contributed by atoms with van der Waals surface area (Å²) in [7, 11) is 0. The van der Waals surface area contributed by atoms with Crippen LogP contribution in [-0.2, 0) is 16.2 Å². The van der Waals surface area contributed by atoms with E-state index in [-0.39, 0.29) is 16.2 Å². The summed E-state index contributed by atoms with van der Waals surface area (Å²) in [6.07, 6.45) is 14.0. The molecule has 0 fully saturated rings. The Morgan fingerprint density at radius 1 is 0.508 bits per heavy atom. The molecule has 1 heteroatoms. The molecular formula is C60H57N. The van der Waals surface area contributed by atoms with Crippen molar-refractivity contribution in [2.45, 2.75) is 97.3 Å². The average molecular weight is 792 g/mol. The molecule has 5 aliphatic rings. The summed E-state index contributed by atoms with van der Waals surface area (Å²) >= 11 is 0. The van der Waals surface area contributed by atoms with Gasteiger partial charge in [0.2, 0.25) is 0 Å². The molecule has 61 heavy (non-hydrogen) atoms. The van der Waals surface area contributed by atoms with Crippen LogP contribution in [0.1, 0.15) is 126 Å². The van der Waals surface area contributed by atoms with Gasteiger partial charge in [-0.3, -0.25) is 0 Å². The number of hydrogen-bond donors (Lipinski definition) is 0. The van der Waals surface area contributed by atoms with E-state index in [1.54, 1.807) is 5.57 Å². The molecule has 1 nitrogen and oxygen atoms in total. The Morgan fingerprint density at radius 3 is 1.79 bits per heavy atom. The first-order chi connectivity index (χ1) is 29.3. The third-order valence-corrected chi connectivity index (χ3v) is 14.8. The molecule has 0 saturated carbocycles. The summed E-state index contributed by atoms with van der Waals surface area (Å²) in [4.78, 5) is 2.57. The van der Waals surface area contributed by atoms with Crippen molar-refractivity contribution in [3.8, 4) is 22.3 Å². The first-order valence-corrected chi connectivity index (χ1v) is 22.6. The number of rotatable bonds is 4. The topological polar surface area (TPSA) is 3.24 Å². The molecule has 5 aliphatic carbocycles. The Hall–Kier alpha value is -5.92. The van der Waals surface area contributed by atoms with E-state index >= 15 is 0 Å². The van der Waals surface area contributed by atoms with Crippen molar-refractivity contribution in [2.75, 3.05) is 4.90 Å². The Morgan fingerprint density at radius 2 is 1.10 bits per heavy atom. The van der Waals surface area contributed by atoms with Gasteiger partial charge in [0, 0.05) is 22.4 Å². The zero-order chi connectivity index (χ0) is 42.1. The van der Waals surface area contributed by atoms with Gasteiger partial charge in [0.15, 0.2) is 0 Å². The lowest BCUT2D eigenvalue weighted by atomic mass is 9.66. The van der Waals surface area contributed by atoms with Crippen molar-refractivity contribution in [3.05, 3.63) is 207 Å². The van der Waals surface area contributed by atoms with Gasteiger partial charge in [0.05, 0.1) is 11.1 Å². The summed E-state index contributed by atoms with van der Waals surface area (Å²) in [6.45, 7) is 19.1. The molecule has 1 spiro atoms. The van der Waals surface area contributed by atoms with Gasteiger partial charge >= 0.3 is 0 Å². The predicted octanol–water partition coefficient (Wildman–Crippen LogP) is 16.3. The van der Waals surface area contributed by atoms with Crippen LogP contribution in [0.3, 0.4) is 0 Å². The molecule has 0 aromatic heterocycles. The van der Waals surface area contributed by atoms with Crippen molar-refractivity contribution in [1.82, 2.24) is 0 Å². The maximum Gasteiger partial charge on any atom is 0.0723 e. The minimum Gasteiger partial charge on any atom is -0.310 e. The second-order valence-corrected chi connectivity index (χ2v) is 20.7. The minimum atomic E-state index is -0.438. The number of nitrogens with zero attached hydrogens (tertiary/aromatic N) is 1. The van der Waals surface area contributed by atoms with Crippen LogP contribution in [0.5, 0.6) is 0 Å². The van der Waals surface area contributed by atoms with E-state index in [1.165, 1.54) is 101 Å². The van der Waals surface area contributed by atoms with E-state index in [2.05, 4.69) is 212 Å². The monoisotopic (exact) mass is 791 g/mol. The third kappa shape index (κ3) is 5.52. The number of fused-ring (bicyclic) bond motifs is 12. The van der Waals surface area contributed by atoms with Gasteiger partial charge in [-0.1, -0.05) is 182 Å². The van der Waals surface area contributed by atoms with E-state index < -0.39 is 5.41 Å². The van der Waals surface area contributed by atoms with Crippen LogP contribution in [0, 0.1) is 5.41 Å². The van der Waals surface area contributed by atoms with Crippen LogP contribution >= 0.6 is 0 Å². The Kier molecular flexibility index (Phi) is 8.29. The van der Waals surface area contributed by atoms with Crippen LogP contribution in [0.4, 0.5) is 17.1 Å². The lowest BCUT2D eigenvalue weighted by Crippen LogP contribution is -2.29. The summed E-state index contributed by atoms with van der Waals surface area (Å²) < 4.78 is 0. The fraction of sp³-hybridized carbons (Fsp3) is 0.267. The molecule has 0 N–H and O–H groups in total. The number of para-hydroxylation sites is 1. The first-order valence-electron chi connectivity index (χ1n) is 22.6. The van der Waals surface area contributed by atoms with Gasteiger partial charge in [0.25, 0.3) is 0 Å². The summed E-state index contributed by atoms with van der Waals surface area (Å²) in [5.41, 5.74) is 25.4. The zero-order valence-corrected chi connectivity index (χ0v) is 37.2. The first kappa shape index (κ1) is 38.0. The molecule has 1 unspecified atom stereocenters. The van der Waals surface area contributed by atoms with Crippen LogP contribution in [0.15, 0.2) is 163 Å². The van der Waals surface area contributed by atoms with E-state index in [0.29, 0.717) is 0 Å². The number of anilines is 3. The maximum atomic E-state index is 2.64. The molecule has 0 aliphatic heterocycles. The molecule has 6 aromatic rings. The quantitative estimate of drug-likeness (QED) is 0.172. The molecule has 302 valence electrons. The van der Waals surface area contributed by atoms with Crippen molar-refractivity contribution in [1.29, 1.82) is 0 Å². The highest BCUT2D eigenvalue weighted by Crippen LogP contribution is 2.65. The third-order valence-electron chi connectivity index (χ3n) is 14.8. The summed E-state index contributed by atoms with van der Waals surface area (Å²) in [6, 6.07) is 49.6. The second kappa shape index (κ2) is 13.3. The summed E-state index contributed by atoms with van der Waals surface area (Å²) in [5.74, 6) is 0. The van der Waals surface area contributed by atoms with Crippen molar-refractivity contribution < 1.29 is 0 Å². The van der Waals surface area contributed by atoms with Crippen LogP contribution in [-0.4, -0.2) is 0 Å². The smallest absolute Gasteiger partial charge is 0.0723 e. The highest BCUT2D eigenvalue weighted by atomic mass is 15.1. The second-order valence-electron chi connectivity index (χ2n) is 20.7. The number of benzene rings is 6. The fourth-order valence-corrected chi connectivity index (χ4v) is 11.6. The minimum absolute atomic E-state index is 0.0122. The molecule has 0 heterocycles. The predicted molar refractivity (Wildman–Crippen MR) is 259 cm³/mol. The van der Waals surface area contributed by atoms with Crippen molar-refractivity contribution in [2.24, 2.45) is 5.41 Å². The largest absolute Gasteiger partial charge is 0.310 e. The Labute approximate surface area is 363 Å². The lowest BCUT2D eigenvalue weighted by molar-refractivity contribution is 0.480. The molecule has 6 aromatic carbocycles. The Bertz CT molecular complexity index is 2960. The maximum absolute atomic E-state index is 2.64. The van der Waals surface area contributed by atoms with Crippen molar-refractivity contribution >= 4 is 28.2 Å². The van der Waals surface area contributed by atoms with Crippen LogP contribution < -0.4 is 4.90 Å². The molecule has 11 rings (SSSR count). The number of allylic oxidation sites excluding steroid dienone is 8. The Balaban J connectivity index is 1.20. The van der Waals surface area contributed by atoms with E-state index in [0.717, 1.165) is 25.7 Å². The fourth-order valence-electron chi connectivity index (χ4n) is 11.6. The highest BCUT2D eigenvalue weighted by molar-refractivity contribution is 5.98. The average Bonchev–Trinajstić information content (AvgIpc) is 3.81.